The van der Waals surface area contributed by atoms with Crippen molar-refractivity contribution in [1.82, 2.24) is 4.90 Å². The standard InChI is InChI=1S/C24H29NO2/c1-4-5-16-24(22(26)18(2)3)21(20-14-10-7-11-15-20)25(23(24)27)17-19-12-8-6-9-13-19/h5-16,18,21-22,26H,4,17H2,1-3H3/b16-5+/t21-,22-,24+/m1/s1. The summed E-state index contributed by atoms with van der Waals surface area (Å²) < 4.78 is 0. The zero-order chi connectivity index (χ0) is 19.4. The Labute approximate surface area is 162 Å². The van der Waals surface area contributed by atoms with Crippen molar-refractivity contribution in [2.45, 2.75) is 45.9 Å². The number of nitrogens with zero attached hydrogens (tertiary/aromatic N) is 1. The summed E-state index contributed by atoms with van der Waals surface area (Å²) >= 11 is 0. The summed E-state index contributed by atoms with van der Waals surface area (Å²) in [4.78, 5) is 15.3. The summed E-state index contributed by atoms with van der Waals surface area (Å²) in [5.41, 5.74) is 1.26. The van der Waals surface area contributed by atoms with Crippen LogP contribution in [0.2, 0.25) is 0 Å². The number of likely N-dealkylation sites (tertiary alicyclic amines) is 1. The predicted octanol–water partition coefficient (Wildman–Crippen LogP) is 4.74. The summed E-state index contributed by atoms with van der Waals surface area (Å²) in [6, 6.07) is 19.9. The van der Waals surface area contributed by atoms with Crippen LogP contribution in [0.3, 0.4) is 0 Å². The van der Waals surface area contributed by atoms with E-state index in [2.05, 4.69) is 12.1 Å². The molecular weight excluding hydrogens is 334 g/mol. The minimum Gasteiger partial charge on any atom is -0.391 e. The summed E-state index contributed by atoms with van der Waals surface area (Å²) in [5, 5.41) is 11.1. The zero-order valence-electron chi connectivity index (χ0n) is 16.4. The molecule has 2 aromatic carbocycles. The number of allylic oxidation sites excluding steroid dienone is 1. The van der Waals surface area contributed by atoms with Crippen molar-refractivity contribution in [3.63, 3.8) is 0 Å². The average Bonchev–Trinajstić information content (AvgIpc) is 2.70. The lowest BCUT2D eigenvalue weighted by atomic mass is 9.61. The summed E-state index contributed by atoms with van der Waals surface area (Å²) in [7, 11) is 0. The Morgan fingerprint density at radius 2 is 1.67 bits per heavy atom. The van der Waals surface area contributed by atoms with E-state index in [0.29, 0.717) is 6.54 Å². The van der Waals surface area contributed by atoms with Gasteiger partial charge in [-0.2, -0.15) is 0 Å². The summed E-state index contributed by atoms with van der Waals surface area (Å²) in [6.07, 6.45) is 4.07. The topological polar surface area (TPSA) is 40.5 Å². The van der Waals surface area contributed by atoms with E-state index in [4.69, 9.17) is 0 Å². The first-order valence-corrected chi connectivity index (χ1v) is 9.78. The molecule has 1 fully saturated rings. The van der Waals surface area contributed by atoms with Gasteiger partial charge in [0.25, 0.3) is 0 Å². The smallest absolute Gasteiger partial charge is 0.238 e. The Hall–Kier alpha value is -2.39. The molecule has 0 unspecified atom stereocenters. The first-order chi connectivity index (χ1) is 13.0. The maximum atomic E-state index is 13.4. The molecule has 1 heterocycles. The van der Waals surface area contributed by atoms with Crippen LogP contribution < -0.4 is 0 Å². The Morgan fingerprint density at radius 1 is 1.07 bits per heavy atom. The van der Waals surface area contributed by atoms with Crippen molar-refractivity contribution in [3.05, 3.63) is 83.9 Å². The summed E-state index contributed by atoms with van der Waals surface area (Å²) in [5.74, 6) is -0.00773. The van der Waals surface area contributed by atoms with Crippen molar-refractivity contribution in [1.29, 1.82) is 0 Å². The van der Waals surface area contributed by atoms with Gasteiger partial charge in [-0.1, -0.05) is 93.6 Å². The highest BCUT2D eigenvalue weighted by molar-refractivity contribution is 5.93. The van der Waals surface area contributed by atoms with Crippen LogP contribution >= 0.6 is 0 Å². The van der Waals surface area contributed by atoms with Crippen LogP contribution in [0.1, 0.15) is 44.4 Å². The Morgan fingerprint density at radius 3 is 2.22 bits per heavy atom. The first-order valence-electron chi connectivity index (χ1n) is 9.78. The molecule has 27 heavy (non-hydrogen) atoms. The number of hydrogen-bond donors (Lipinski definition) is 1. The lowest BCUT2D eigenvalue weighted by molar-refractivity contribution is -0.185. The van der Waals surface area contributed by atoms with Crippen LogP contribution in [-0.2, 0) is 11.3 Å². The van der Waals surface area contributed by atoms with Gasteiger partial charge in [-0.25, -0.2) is 0 Å². The molecule has 0 aliphatic carbocycles. The van der Waals surface area contributed by atoms with Crippen LogP contribution in [0.15, 0.2) is 72.8 Å². The first kappa shape index (κ1) is 19.4. The van der Waals surface area contributed by atoms with Crippen LogP contribution in [0.4, 0.5) is 0 Å². The minimum absolute atomic E-state index is 0.00565. The number of β-lactam (4-membered cyclic amide) rings is 1. The largest absolute Gasteiger partial charge is 0.391 e. The van der Waals surface area contributed by atoms with Crippen LogP contribution in [0, 0.1) is 11.3 Å². The zero-order valence-corrected chi connectivity index (χ0v) is 16.4. The molecule has 0 spiro atoms. The van der Waals surface area contributed by atoms with E-state index in [1.54, 1.807) is 0 Å². The van der Waals surface area contributed by atoms with E-state index in [0.717, 1.165) is 17.5 Å². The second-order valence-corrected chi connectivity index (χ2v) is 7.66. The van der Waals surface area contributed by atoms with Gasteiger partial charge >= 0.3 is 0 Å². The van der Waals surface area contributed by atoms with Crippen molar-refractivity contribution in [2.75, 3.05) is 0 Å². The average molecular weight is 364 g/mol. The number of carbonyl (C=O) groups is 1. The van der Waals surface area contributed by atoms with Crippen LogP contribution in [0.5, 0.6) is 0 Å². The number of benzene rings is 2. The third-order valence-corrected chi connectivity index (χ3v) is 5.46. The van der Waals surface area contributed by atoms with Crippen molar-refractivity contribution in [3.8, 4) is 0 Å². The highest BCUT2D eigenvalue weighted by Crippen LogP contribution is 2.55. The number of aliphatic hydroxyl groups excluding tert-OH is 1. The Kier molecular flexibility index (Phi) is 5.81. The van der Waals surface area contributed by atoms with Gasteiger partial charge in [0, 0.05) is 6.54 Å². The molecule has 1 aliphatic heterocycles. The van der Waals surface area contributed by atoms with Gasteiger partial charge in [-0.3, -0.25) is 4.79 Å². The third-order valence-electron chi connectivity index (χ3n) is 5.46. The lowest BCUT2D eigenvalue weighted by Crippen LogP contribution is -2.67. The van der Waals surface area contributed by atoms with Crippen LogP contribution in [0.25, 0.3) is 0 Å². The van der Waals surface area contributed by atoms with Gasteiger partial charge in [-0.05, 0) is 23.5 Å². The van der Waals surface area contributed by atoms with E-state index in [1.807, 2.05) is 86.4 Å². The van der Waals surface area contributed by atoms with Crippen molar-refractivity contribution >= 4 is 5.91 Å². The molecule has 1 saturated heterocycles. The molecule has 1 aliphatic rings. The van der Waals surface area contributed by atoms with Gasteiger partial charge < -0.3 is 10.0 Å². The molecule has 3 rings (SSSR count). The maximum Gasteiger partial charge on any atom is 0.238 e. The van der Waals surface area contributed by atoms with Crippen molar-refractivity contribution in [2.24, 2.45) is 11.3 Å². The van der Waals surface area contributed by atoms with E-state index in [-0.39, 0.29) is 17.9 Å². The second-order valence-electron chi connectivity index (χ2n) is 7.66. The van der Waals surface area contributed by atoms with Gasteiger partial charge in [0.15, 0.2) is 0 Å². The molecule has 3 nitrogen and oxygen atoms in total. The molecule has 3 heteroatoms. The van der Waals surface area contributed by atoms with Gasteiger partial charge in [0.1, 0.15) is 5.41 Å². The van der Waals surface area contributed by atoms with E-state index >= 15 is 0 Å². The summed E-state index contributed by atoms with van der Waals surface area (Å²) in [6.45, 7) is 6.54. The highest BCUT2D eigenvalue weighted by atomic mass is 16.3. The molecule has 2 aromatic rings. The Bertz CT molecular complexity index is 785. The van der Waals surface area contributed by atoms with Crippen molar-refractivity contribution < 1.29 is 9.90 Å². The highest BCUT2D eigenvalue weighted by Gasteiger charge is 2.63. The molecule has 142 valence electrons. The molecule has 0 saturated carbocycles. The van der Waals surface area contributed by atoms with E-state index in [9.17, 15) is 9.90 Å². The second kappa shape index (κ2) is 8.10. The SMILES string of the molecule is CC/C=C/[C@]1([C@H](O)C(C)C)C(=O)N(Cc2ccccc2)[C@@H]1c1ccccc1. The van der Waals surface area contributed by atoms with Crippen LogP contribution in [-0.4, -0.2) is 22.0 Å². The number of carbonyl (C=O) groups excluding carboxylic acids is 1. The lowest BCUT2D eigenvalue weighted by Gasteiger charge is -2.58. The monoisotopic (exact) mass is 363 g/mol. The van der Waals surface area contributed by atoms with Gasteiger partial charge in [-0.15, -0.1) is 0 Å². The molecule has 0 radical (unpaired) electrons. The number of rotatable bonds is 7. The molecule has 3 atom stereocenters. The third kappa shape index (κ3) is 3.44. The molecule has 0 aromatic heterocycles. The fraction of sp³-hybridized carbons (Fsp3) is 0.375. The number of hydrogen-bond acceptors (Lipinski definition) is 2. The fourth-order valence-corrected chi connectivity index (χ4v) is 4.12. The number of amides is 1. The molecule has 0 bridgehead atoms. The fourth-order valence-electron chi connectivity index (χ4n) is 4.12. The van der Waals surface area contributed by atoms with E-state index in [1.165, 1.54) is 0 Å². The normalized spacial score (nSPS) is 23.7. The Balaban J connectivity index is 2.06. The molecular formula is C24H29NO2. The quantitative estimate of drug-likeness (QED) is 0.570. The van der Waals surface area contributed by atoms with Gasteiger partial charge in [0.2, 0.25) is 5.91 Å². The molecule has 1 N–H and O–H groups in total. The predicted molar refractivity (Wildman–Crippen MR) is 109 cm³/mol. The maximum absolute atomic E-state index is 13.4. The number of aliphatic hydroxyl groups is 1. The molecule has 1 amide bonds. The van der Waals surface area contributed by atoms with E-state index < -0.39 is 11.5 Å². The van der Waals surface area contributed by atoms with Gasteiger partial charge in [0.05, 0.1) is 12.1 Å². The minimum atomic E-state index is -0.902.